The number of nitrogens with zero attached hydrogens (tertiary/aromatic N) is 1. The van der Waals surface area contributed by atoms with Crippen LogP contribution in [0.3, 0.4) is 0 Å². The number of thioether (sulfide) groups is 1. The van der Waals surface area contributed by atoms with Crippen LogP contribution in [0.5, 0.6) is 5.75 Å². The standard InChI is InChI=1S/C13H16N2O4S/c1-20-13(5-2-6-13)8-14-12(17)10-7-9(16)3-4-11(10)15(18)19/h3-4,7,16H,2,5-6,8H2,1H3,(H,14,17). The van der Waals surface area contributed by atoms with E-state index >= 15 is 0 Å². The SMILES string of the molecule is CSC1(CNC(=O)c2cc(O)ccc2[N+](=O)[O-])CCC1. The van der Waals surface area contributed by atoms with Gasteiger partial charge >= 0.3 is 0 Å². The summed E-state index contributed by atoms with van der Waals surface area (Å²) in [6.45, 7) is 0.486. The number of benzene rings is 1. The summed E-state index contributed by atoms with van der Waals surface area (Å²) in [6.07, 6.45) is 5.22. The van der Waals surface area contributed by atoms with E-state index < -0.39 is 10.8 Å². The monoisotopic (exact) mass is 296 g/mol. The summed E-state index contributed by atoms with van der Waals surface area (Å²) in [7, 11) is 0. The molecular weight excluding hydrogens is 280 g/mol. The van der Waals surface area contributed by atoms with E-state index in [1.54, 1.807) is 11.8 Å². The maximum absolute atomic E-state index is 12.1. The Bertz CT molecular complexity index is 538. The molecule has 1 fully saturated rings. The van der Waals surface area contributed by atoms with Crippen LogP contribution in [0.1, 0.15) is 29.6 Å². The van der Waals surface area contributed by atoms with Gasteiger partial charge in [0.25, 0.3) is 11.6 Å². The smallest absolute Gasteiger partial charge is 0.282 e. The molecule has 1 aliphatic carbocycles. The van der Waals surface area contributed by atoms with Crippen molar-refractivity contribution in [1.82, 2.24) is 5.32 Å². The number of hydrogen-bond acceptors (Lipinski definition) is 5. The lowest BCUT2D eigenvalue weighted by atomic mass is 9.84. The Morgan fingerprint density at radius 3 is 2.75 bits per heavy atom. The molecule has 0 aromatic heterocycles. The van der Waals surface area contributed by atoms with Gasteiger partial charge in [-0.2, -0.15) is 11.8 Å². The van der Waals surface area contributed by atoms with Crippen molar-refractivity contribution in [1.29, 1.82) is 0 Å². The van der Waals surface area contributed by atoms with Gasteiger partial charge in [-0.05, 0) is 31.2 Å². The van der Waals surface area contributed by atoms with Crippen molar-refractivity contribution in [3.05, 3.63) is 33.9 Å². The number of hydrogen-bond donors (Lipinski definition) is 2. The van der Waals surface area contributed by atoms with Gasteiger partial charge in [-0.25, -0.2) is 0 Å². The zero-order chi connectivity index (χ0) is 14.8. The zero-order valence-corrected chi connectivity index (χ0v) is 11.9. The fourth-order valence-corrected chi connectivity index (χ4v) is 3.14. The van der Waals surface area contributed by atoms with Crippen LogP contribution in [0, 0.1) is 10.1 Å². The normalized spacial score (nSPS) is 16.2. The van der Waals surface area contributed by atoms with E-state index in [1.807, 2.05) is 6.26 Å². The molecule has 1 aromatic carbocycles. The molecule has 0 spiro atoms. The number of carbonyl (C=O) groups is 1. The van der Waals surface area contributed by atoms with Gasteiger partial charge in [-0.3, -0.25) is 14.9 Å². The van der Waals surface area contributed by atoms with Gasteiger partial charge in [0.1, 0.15) is 11.3 Å². The molecular formula is C13H16N2O4S. The highest BCUT2D eigenvalue weighted by atomic mass is 32.2. The van der Waals surface area contributed by atoms with Crippen molar-refractivity contribution in [2.45, 2.75) is 24.0 Å². The fraction of sp³-hybridized carbons (Fsp3) is 0.462. The third-order valence-electron chi connectivity index (χ3n) is 3.69. The van der Waals surface area contributed by atoms with Gasteiger partial charge in [0.05, 0.1) is 4.92 Å². The summed E-state index contributed by atoms with van der Waals surface area (Å²) in [5, 5.41) is 23.0. The molecule has 1 aromatic rings. The van der Waals surface area contributed by atoms with Crippen LogP contribution < -0.4 is 5.32 Å². The van der Waals surface area contributed by atoms with Crippen LogP contribution in [-0.4, -0.2) is 33.5 Å². The van der Waals surface area contributed by atoms with Gasteiger partial charge < -0.3 is 10.4 Å². The lowest BCUT2D eigenvalue weighted by molar-refractivity contribution is -0.385. The average Bonchev–Trinajstić information content (AvgIpc) is 2.37. The largest absolute Gasteiger partial charge is 0.508 e. The van der Waals surface area contributed by atoms with E-state index in [2.05, 4.69) is 5.32 Å². The first-order valence-corrected chi connectivity index (χ1v) is 7.51. The molecule has 1 amide bonds. The van der Waals surface area contributed by atoms with E-state index in [9.17, 15) is 20.0 Å². The molecule has 0 aliphatic heterocycles. The number of aromatic hydroxyl groups is 1. The first-order chi connectivity index (χ1) is 9.47. The molecule has 7 heteroatoms. The van der Waals surface area contributed by atoms with Crippen LogP contribution in [-0.2, 0) is 0 Å². The average molecular weight is 296 g/mol. The first-order valence-electron chi connectivity index (χ1n) is 6.28. The number of phenolic OH excluding ortho intramolecular Hbond substituents is 1. The molecule has 0 radical (unpaired) electrons. The van der Waals surface area contributed by atoms with Crippen molar-refractivity contribution in [2.24, 2.45) is 0 Å². The summed E-state index contributed by atoms with van der Waals surface area (Å²) in [5.41, 5.74) is -0.405. The minimum Gasteiger partial charge on any atom is -0.508 e. The van der Waals surface area contributed by atoms with E-state index in [-0.39, 0.29) is 21.7 Å². The first kappa shape index (κ1) is 14.6. The summed E-state index contributed by atoms with van der Waals surface area (Å²) >= 11 is 1.71. The highest BCUT2D eigenvalue weighted by molar-refractivity contribution is 8.00. The Labute approximate surface area is 120 Å². The Kier molecular flexibility index (Phi) is 4.17. The van der Waals surface area contributed by atoms with Crippen molar-refractivity contribution in [3.8, 4) is 5.75 Å². The molecule has 1 aliphatic rings. The third kappa shape index (κ3) is 2.87. The highest BCUT2D eigenvalue weighted by Gasteiger charge is 2.36. The Morgan fingerprint density at radius 2 is 2.25 bits per heavy atom. The molecule has 2 rings (SSSR count). The minimum absolute atomic E-state index is 0.0568. The van der Waals surface area contributed by atoms with Gasteiger partial charge in [-0.1, -0.05) is 6.42 Å². The van der Waals surface area contributed by atoms with E-state index in [1.165, 1.54) is 6.07 Å². The molecule has 1 saturated carbocycles. The van der Waals surface area contributed by atoms with E-state index in [0.29, 0.717) is 6.54 Å². The number of nitro groups is 1. The van der Waals surface area contributed by atoms with Crippen LogP contribution in [0.2, 0.25) is 0 Å². The fourth-order valence-electron chi connectivity index (χ4n) is 2.23. The summed E-state index contributed by atoms with van der Waals surface area (Å²) in [5.74, 6) is -0.683. The lowest BCUT2D eigenvalue weighted by Gasteiger charge is -2.40. The number of phenols is 1. The molecule has 0 heterocycles. The summed E-state index contributed by atoms with van der Waals surface area (Å²) in [4.78, 5) is 22.4. The summed E-state index contributed by atoms with van der Waals surface area (Å²) in [6, 6.07) is 3.46. The number of carbonyl (C=O) groups excluding carboxylic acids is 1. The molecule has 2 N–H and O–H groups in total. The minimum atomic E-state index is -0.623. The second-order valence-electron chi connectivity index (χ2n) is 4.88. The number of nitro benzene ring substituents is 1. The van der Waals surface area contributed by atoms with Crippen molar-refractivity contribution >= 4 is 23.4 Å². The highest BCUT2D eigenvalue weighted by Crippen LogP contribution is 2.42. The lowest BCUT2D eigenvalue weighted by Crippen LogP contribution is -2.45. The third-order valence-corrected chi connectivity index (χ3v) is 5.11. The quantitative estimate of drug-likeness (QED) is 0.642. The molecule has 108 valence electrons. The van der Waals surface area contributed by atoms with Crippen molar-refractivity contribution < 1.29 is 14.8 Å². The Hall–Kier alpha value is -1.76. The maximum atomic E-state index is 12.1. The van der Waals surface area contributed by atoms with E-state index in [0.717, 1.165) is 31.4 Å². The van der Waals surface area contributed by atoms with Gasteiger partial charge in [0, 0.05) is 17.4 Å². The van der Waals surface area contributed by atoms with Crippen LogP contribution in [0.15, 0.2) is 18.2 Å². The Morgan fingerprint density at radius 1 is 1.55 bits per heavy atom. The van der Waals surface area contributed by atoms with Crippen LogP contribution >= 0.6 is 11.8 Å². The van der Waals surface area contributed by atoms with Crippen LogP contribution in [0.4, 0.5) is 5.69 Å². The zero-order valence-electron chi connectivity index (χ0n) is 11.1. The topological polar surface area (TPSA) is 92.5 Å². The number of amides is 1. The van der Waals surface area contributed by atoms with Gasteiger partial charge in [0.15, 0.2) is 0 Å². The number of rotatable bonds is 5. The predicted molar refractivity (Wildman–Crippen MR) is 77.2 cm³/mol. The molecule has 0 saturated heterocycles. The van der Waals surface area contributed by atoms with Crippen LogP contribution in [0.25, 0.3) is 0 Å². The van der Waals surface area contributed by atoms with Crippen molar-refractivity contribution in [2.75, 3.05) is 12.8 Å². The second kappa shape index (κ2) is 5.70. The van der Waals surface area contributed by atoms with E-state index in [4.69, 9.17) is 0 Å². The molecule has 20 heavy (non-hydrogen) atoms. The summed E-state index contributed by atoms with van der Waals surface area (Å²) < 4.78 is 0.0568. The van der Waals surface area contributed by atoms with Gasteiger partial charge in [0.2, 0.25) is 0 Å². The van der Waals surface area contributed by atoms with Gasteiger partial charge in [-0.15, -0.1) is 0 Å². The maximum Gasteiger partial charge on any atom is 0.282 e. The van der Waals surface area contributed by atoms with Crippen molar-refractivity contribution in [3.63, 3.8) is 0 Å². The predicted octanol–water partition coefficient (Wildman–Crippen LogP) is 2.32. The molecule has 0 unspecified atom stereocenters. The Balaban J connectivity index is 2.12. The molecule has 0 bridgehead atoms. The second-order valence-corrected chi connectivity index (χ2v) is 6.16. The molecule has 0 atom stereocenters. The molecule has 6 nitrogen and oxygen atoms in total. The number of nitrogens with one attached hydrogen (secondary N) is 1.